The summed E-state index contributed by atoms with van der Waals surface area (Å²) in [6, 6.07) is 0.965. The maximum absolute atomic E-state index is 12.1. The molecule has 0 amide bonds. The van der Waals surface area contributed by atoms with Crippen molar-refractivity contribution >= 4 is 23.2 Å². The van der Waals surface area contributed by atoms with E-state index in [1.54, 1.807) is 0 Å². The number of halogens is 5. The fraction of sp³-hybridized carbons (Fsp3) is 0.286. The Hall–Kier alpha value is -0.520. The SMILES string of the molecule is OC(c1ccnc(Cl)c1Cl)C(F)(F)F. The fourth-order valence-corrected chi connectivity index (χ4v) is 1.20. The summed E-state index contributed by atoms with van der Waals surface area (Å²) < 4.78 is 36.2. The van der Waals surface area contributed by atoms with E-state index in [0.717, 1.165) is 12.3 Å². The quantitative estimate of drug-likeness (QED) is 0.772. The van der Waals surface area contributed by atoms with E-state index in [0.29, 0.717) is 0 Å². The lowest BCUT2D eigenvalue weighted by Crippen LogP contribution is -2.20. The van der Waals surface area contributed by atoms with Crippen LogP contribution in [-0.4, -0.2) is 16.3 Å². The first-order valence-electron chi connectivity index (χ1n) is 3.38. The zero-order valence-electron chi connectivity index (χ0n) is 6.52. The predicted octanol–water partition coefficient (Wildman–Crippen LogP) is 2.98. The van der Waals surface area contributed by atoms with Gasteiger partial charge in [0.15, 0.2) is 6.10 Å². The Morgan fingerprint density at radius 3 is 2.43 bits per heavy atom. The van der Waals surface area contributed by atoms with Crippen molar-refractivity contribution in [2.24, 2.45) is 0 Å². The highest BCUT2D eigenvalue weighted by Gasteiger charge is 2.40. The van der Waals surface area contributed by atoms with Gasteiger partial charge in [0.2, 0.25) is 0 Å². The summed E-state index contributed by atoms with van der Waals surface area (Å²) in [5, 5.41) is 8.21. The molecule has 1 N–H and O–H groups in total. The molecule has 1 rings (SSSR count). The van der Waals surface area contributed by atoms with Crippen molar-refractivity contribution < 1.29 is 18.3 Å². The molecule has 0 bridgehead atoms. The highest BCUT2D eigenvalue weighted by atomic mass is 35.5. The highest BCUT2D eigenvalue weighted by Crippen LogP contribution is 2.37. The van der Waals surface area contributed by atoms with Crippen LogP contribution in [0.5, 0.6) is 0 Å². The van der Waals surface area contributed by atoms with Crippen molar-refractivity contribution in [1.29, 1.82) is 0 Å². The number of hydrogen-bond acceptors (Lipinski definition) is 2. The molecule has 0 radical (unpaired) electrons. The first-order valence-corrected chi connectivity index (χ1v) is 4.14. The van der Waals surface area contributed by atoms with Crippen LogP contribution in [0.3, 0.4) is 0 Å². The van der Waals surface area contributed by atoms with Crippen LogP contribution in [0.15, 0.2) is 12.3 Å². The summed E-state index contributed by atoms with van der Waals surface area (Å²) >= 11 is 10.8. The minimum absolute atomic E-state index is 0.271. The molecule has 14 heavy (non-hydrogen) atoms. The normalized spacial score (nSPS) is 14.1. The molecule has 0 aliphatic rings. The van der Waals surface area contributed by atoms with Gasteiger partial charge < -0.3 is 5.11 Å². The molecule has 2 nitrogen and oxygen atoms in total. The number of aliphatic hydroxyl groups is 1. The van der Waals surface area contributed by atoms with Gasteiger partial charge in [-0.1, -0.05) is 23.2 Å². The first kappa shape index (κ1) is 11.6. The molecule has 1 atom stereocenters. The molecular weight excluding hydrogens is 242 g/mol. The van der Waals surface area contributed by atoms with E-state index in [1.165, 1.54) is 0 Å². The maximum atomic E-state index is 12.1. The topological polar surface area (TPSA) is 33.1 Å². The number of rotatable bonds is 1. The van der Waals surface area contributed by atoms with Crippen LogP contribution in [0.4, 0.5) is 13.2 Å². The van der Waals surface area contributed by atoms with Gasteiger partial charge >= 0.3 is 6.18 Å². The largest absolute Gasteiger partial charge is 0.418 e. The molecule has 1 aromatic heterocycles. The van der Waals surface area contributed by atoms with Gasteiger partial charge in [-0.25, -0.2) is 4.98 Å². The van der Waals surface area contributed by atoms with Gasteiger partial charge in [0, 0.05) is 11.8 Å². The Kier molecular flexibility index (Phi) is 3.24. The van der Waals surface area contributed by atoms with E-state index in [-0.39, 0.29) is 10.2 Å². The molecule has 78 valence electrons. The third-order valence-electron chi connectivity index (χ3n) is 1.48. The van der Waals surface area contributed by atoms with E-state index in [9.17, 15) is 13.2 Å². The van der Waals surface area contributed by atoms with E-state index < -0.39 is 17.8 Å². The number of aromatic nitrogens is 1. The molecule has 7 heteroatoms. The van der Waals surface area contributed by atoms with Gasteiger partial charge in [-0.2, -0.15) is 13.2 Å². The zero-order chi connectivity index (χ0) is 10.9. The molecule has 1 unspecified atom stereocenters. The van der Waals surface area contributed by atoms with Gasteiger partial charge in [-0.3, -0.25) is 0 Å². The number of nitrogens with zero attached hydrogens (tertiary/aromatic N) is 1. The lowest BCUT2D eigenvalue weighted by molar-refractivity contribution is -0.206. The van der Waals surface area contributed by atoms with Crippen molar-refractivity contribution in [1.82, 2.24) is 4.98 Å². The van der Waals surface area contributed by atoms with Crippen LogP contribution in [0, 0.1) is 0 Å². The summed E-state index contributed by atoms with van der Waals surface area (Å²) in [5.41, 5.74) is -0.501. The Balaban J connectivity index is 3.14. The van der Waals surface area contributed by atoms with Crippen LogP contribution >= 0.6 is 23.2 Å². The van der Waals surface area contributed by atoms with E-state index in [2.05, 4.69) is 4.98 Å². The van der Waals surface area contributed by atoms with Crippen LogP contribution in [0.25, 0.3) is 0 Å². The van der Waals surface area contributed by atoms with Gasteiger partial charge in [0.25, 0.3) is 0 Å². The predicted molar refractivity (Wildman–Crippen MR) is 45.3 cm³/mol. The highest BCUT2D eigenvalue weighted by molar-refractivity contribution is 6.41. The average molecular weight is 246 g/mol. The van der Waals surface area contributed by atoms with E-state index in [4.69, 9.17) is 28.3 Å². The fourth-order valence-electron chi connectivity index (χ4n) is 0.819. The van der Waals surface area contributed by atoms with Gasteiger partial charge in [0.05, 0.1) is 5.02 Å². The molecule has 0 fully saturated rings. The number of aliphatic hydroxyl groups excluding tert-OH is 1. The van der Waals surface area contributed by atoms with Crippen LogP contribution in [-0.2, 0) is 0 Å². The third kappa shape index (κ3) is 2.29. The van der Waals surface area contributed by atoms with Crippen molar-refractivity contribution in [3.8, 4) is 0 Å². The Morgan fingerprint density at radius 2 is 1.93 bits per heavy atom. The molecule has 0 aliphatic carbocycles. The number of alkyl halides is 3. The van der Waals surface area contributed by atoms with Crippen molar-refractivity contribution in [2.45, 2.75) is 12.3 Å². The zero-order valence-corrected chi connectivity index (χ0v) is 8.03. The second kappa shape index (κ2) is 3.92. The second-order valence-corrected chi connectivity index (χ2v) is 3.19. The number of hydrogen-bond donors (Lipinski definition) is 1. The van der Waals surface area contributed by atoms with Gasteiger partial charge in [0.1, 0.15) is 5.15 Å². The Morgan fingerprint density at radius 1 is 1.36 bits per heavy atom. The van der Waals surface area contributed by atoms with Crippen molar-refractivity contribution in [3.05, 3.63) is 28.0 Å². The maximum Gasteiger partial charge on any atom is 0.418 e. The average Bonchev–Trinajstić information content (AvgIpc) is 2.07. The Bertz CT molecular complexity index is 342. The van der Waals surface area contributed by atoms with Gasteiger partial charge in [-0.05, 0) is 6.07 Å². The monoisotopic (exact) mass is 245 g/mol. The third-order valence-corrected chi connectivity index (χ3v) is 2.26. The second-order valence-electron chi connectivity index (χ2n) is 2.45. The number of pyridine rings is 1. The van der Waals surface area contributed by atoms with Crippen molar-refractivity contribution in [3.63, 3.8) is 0 Å². The van der Waals surface area contributed by atoms with Crippen molar-refractivity contribution in [2.75, 3.05) is 0 Å². The molecule has 0 saturated carbocycles. The Labute approximate surface area is 87.3 Å². The van der Waals surface area contributed by atoms with Crippen LogP contribution in [0.2, 0.25) is 10.2 Å². The van der Waals surface area contributed by atoms with E-state index >= 15 is 0 Å². The molecular formula is C7H4Cl2F3NO. The molecule has 1 heterocycles. The summed E-state index contributed by atoms with van der Waals surface area (Å²) in [5.74, 6) is 0. The minimum Gasteiger partial charge on any atom is -0.379 e. The smallest absolute Gasteiger partial charge is 0.379 e. The summed E-state index contributed by atoms with van der Waals surface area (Å²) in [4.78, 5) is 3.46. The summed E-state index contributed by atoms with van der Waals surface area (Å²) in [6.07, 6.45) is -6.37. The summed E-state index contributed by atoms with van der Waals surface area (Å²) in [7, 11) is 0. The lowest BCUT2D eigenvalue weighted by Gasteiger charge is -2.15. The first-order chi connectivity index (χ1) is 6.34. The molecule has 0 saturated heterocycles. The van der Waals surface area contributed by atoms with E-state index in [1.807, 2.05) is 0 Å². The minimum atomic E-state index is -4.77. The van der Waals surface area contributed by atoms with Crippen LogP contribution < -0.4 is 0 Å². The van der Waals surface area contributed by atoms with Crippen LogP contribution in [0.1, 0.15) is 11.7 Å². The molecule has 0 spiro atoms. The summed E-state index contributed by atoms with van der Waals surface area (Å²) in [6.45, 7) is 0. The standard InChI is InChI=1S/C7H4Cl2F3NO/c8-4-3(1-2-13-6(4)9)5(14)7(10,11)12/h1-2,5,14H. The molecule has 1 aromatic rings. The molecule has 0 aromatic carbocycles. The molecule has 0 aliphatic heterocycles. The lowest BCUT2D eigenvalue weighted by atomic mass is 10.1. The van der Waals surface area contributed by atoms with Gasteiger partial charge in [-0.15, -0.1) is 0 Å².